The number of carbonyl (C=O) groups excluding carboxylic acids is 1. The van der Waals surface area contributed by atoms with Crippen molar-refractivity contribution in [2.24, 2.45) is 0 Å². The molecule has 1 aromatic rings. The molecule has 1 aromatic heterocycles. The zero-order chi connectivity index (χ0) is 13.9. The lowest BCUT2D eigenvalue weighted by molar-refractivity contribution is -0.134. The summed E-state index contributed by atoms with van der Waals surface area (Å²) in [5.41, 5.74) is -0.263. The summed E-state index contributed by atoms with van der Waals surface area (Å²) in [6.45, 7) is 2.20. The van der Waals surface area contributed by atoms with Crippen LogP contribution in [0.15, 0.2) is 23.1 Å². The summed E-state index contributed by atoms with van der Waals surface area (Å²) in [6, 6.07) is 2.85. The van der Waals surface area contributed by atoms with Gasteiger partial charge >= 0.3 is 5.97 Å². The van der Waals surface area contributed by atoms with E-state index < -0.39 is 0 Å². The molecule has 19 heavy (non-hydrogen) atoms. The molecule has 106 valence electrons. The second kappa shape index (κ2) is 9.36. The van der Waals surface area contributed by atoms with E-state index in [1.54, 1.807) is 6.07 Å². The lowest BCUT2D eigenvalue weighted by Crippen LogP contribution is -2.10. The van der Waals surface area contributed by atoms with Crippen molar-refractivity contribution in [3.05, 3.63) is 28.7 Å². The summed E-state index contributed by atoms with van der Waals surface area (Å²) in [5.74, 6) is 0.0517. The molecule has 0 aliphatic rings. The van der Waals surface area contributed by atoms with Crippen LogP contribution in [0.1, 0.15) is 58.3 Å². The third-order valence-electron chi connectivity index (χ3n) is 2.96. The van der Waals surface area contributed by atoms with Crippen molar-refractivity contribution in [3.8, 4) is 5.75 Å². The van der Waals surface area contributed by atoms with Gasteiger partial charge < -0.3 is 9.72 Å². The van der Waals surface area contributed by atoms with Gasteiger partial charge in [-0.15, -0.1) is 0 Å². The largest absolute Gasteiger partial charge is 0.426 e. The first kappa shape index (κ1) is 15.5. The number of pyridine rings is 1. The van der Waals surface area contributed by atoms with Gasteiger partial charge in [-0.1, -0.05) is 45.4 Å². The summed E-state index contributed by atoms with van der Waals surface area (Å²) in [5, 5.41) is 0. The lowest BCUT2D eigenvalue weighted by Gasteiger charge is -2.03. The molecule has 0 aliphatic heterocycles. The van der Waals surface area contributed by atoms with Gasteiger partial charge in [0, 0.05) is 18.7 Å². The van der Waals surface area contributed by atoms with E-state index >= 15 is 0 Å². The number of nitrogens with one attached hydrogen (secondary N) is 1. The van der Waals surface area contributed by atoms with Gasteiger partial charge in [0.2, 0.25) is 0 Å². The van der Waals surface area contributed by atoms with Crippen LogP contribution in [-0.4, -0.2) is 11.0 Å². The molecule has 0 aromatic carbocycles. The standard InChI is InChI=1S/C15H23NO3/c1-2-3-4-5-6-7-8-9-15(18)19-13-10-11-16-14(17)12-13/h10-12H,2-9H2,1H3,(H,16,17). The van der Waals surface area contributed by atoms with Gasteiger partial charge in [-0.3, -0.25) is 9.59 Å². The molecular formula is C15H23NO3. The van der Waals surface area contributed by atoms with E-state index in [2.05, 4.69) is 11.9 Å². The predicted molar refractivity (Wildman–Crippen MR) is 75.3 cm³/mol. The van der Waals surface area contributed by atoms with E-state index in [4.69, 9.17) is 4.74 Å². The van der Waals surface area contributed by atoms with Gasteiger partial charge in [0.15, 0.2) is 0 Å². The fraction of sp³-hybridized carbons (Fsp3) is 0.600. The second-order valence-electron chi connectivity index (χ2n) is 4.73. The van der Waals surface area contributed by atoms with Gasteiger partial charge in [-0.05, 0) is 12.5 Å². The van der Waals surface area contributed by atoms with Crippen molar-refractivity contribution >= 4 is 5.97 Å². The number of hydrogen-bond donors (Lipinski definition) is 1. The molecule has 0 fully saturated rings. The van der Waals surface area contributed by atoms with Crippen molar-refractivity contribution in [1.82, 2.24) is 4.98 Å². The highest BCUT2D eigenvalue weighted by Crippen LogP contribution is 2.10. The Labute approximate surface area is 114 Å². The molecular weight excluding hydrogens is 242 g/mol. The molecule has 4 heteroatoms. The van der Waals surface area contributed by atoms with Gasteiger partial charge in [0.1, 0.15) is 5.75 Å². The summed E-state index contributed by atoms with van der Waals surface area (Å²) in [6.07, 6.45) is 10.1. The fourth-order valence-corrected chi connectivity index (χ4v) is 1.90. The Balaban J connectivity index is 2.10. The van der Waals surface area contributed by atoms with Crippen LogP contribution >= 0.6 is 0 Å². The Morgan fingerprint density at radius 3 is 2.53 bits per heavy atom. The number of unbranched alkanes of at least 4 members (excludes halogenated alkanes) is 6. The first-order valence-corrected chi connectivity index (χ1v) is 7.12. The molecule has 0 bridgehead atoms. The maximum Gasteiger partial charge on any atom is 0.311 e. The third-order valence-corrected chi connectivity index (χ3v) is 2.96. The average molecular weight is 265 g/mol. The molecule has 0 aliphatic carbocycles. The molecule has 0 atom stereocenters. The molecule has 0 saturated heterocycles. The molecule has 0 amide bonds. The fourth-order valence-electron chi connectivity index (χ4n) is 1.90. The van der Waals surface area contributed by atoms with Crippen molar-refractivity contribution in [2.75, 3.05) is 0 Å². The van der Waals surface area contributed by atoms with E-state index in [-0.39, 0.29) is 11.5 Å². The van der Waals surface area contributed by atoms with Crippen LogP contribution in [-0.2, 0) is 4.79 Å². The molecule has 0 unspecified atom stereocenters. The van der Waals surface area contributed by atoms with Crippen LogP contribution in [0.4, 0.5) is 0 Å². The summed E-state index contributed by atoms with van der Waals surface area (Å²) in [4.78, 5) is 25.0. The Hall–Kier alpha value is -1.58. The minimum absolute atomic E-state index is 0.263. The summed E-state index contributed by atoms with van der Waals surface area (Å²) in [7, 11) is 0. The van der Waals surface area contributed by atoms with E-state index in [1.165, 1.54) is 44.4 Å². The van der Waals surface area contributed by atoms with E-state index in [0.717, 1.165) is 12.8 Å². The van der Waals surface area contributed by atoms with Crippen LogP contribution in [0, 0.1) is 0 Å². The Morgan fingerprint density at radius 1 is 1.16 bits per heavy atom. The van der Waals surface area contributed by atoms with Crippen molar-refractivity contribution in [1.29, 1.82) is 0 Å². The first-order valence-electron chi connectivity index (χ1n) is 7.12. The first-order chi connectivity index (χ1) is 9.22. The number of H-pyrrole nitrogens is 1. The average Bonchev–Trinajstić information content (AvgIpc) is 2.37. The zero-order valence-corrected chi connectivity index (χ0v) is 11.6. The predicted octanol–water partition coefficient (Wildman–Crippen LogP) is 3.42. The molecule has 0 radical (unpaired) electrons. The van der Waals surface area contributed by atoms with Crippen LogP contribution < -0.4 is 10.3 Å². The van der Waals surface area contributed by atoms with Crippen molar-refractivity contribution < 1.29 is 9.53 Å². The van der Waals surface area contributed by atoms with Crippen LogP contribution in [0.25, 0.3) is 0 Å². The third kappa shape index (κ3) is 7.44. The molecule has 1 heterocycles. The molecule has 1 N–H and O–H groups in total. The Kier molecular flexibility index (Phi) is 7.63. The van der Waals surface area contributed by atoms with Gasteiger partial charge in [-0.2, -0.15) is 0 Å². The minimum Gasteiger partial charge on any atom is -0.426 e. The van der Waals surface area contributed by atoms with E-state index in [1.807, 2.05) is 0 Å². The number of rotatable bonds is 9. The van der Waals surface area contributed by atoms with Crippen LogP contribution in [0.3, 0.4) is 0 Å². The maximum absolute atomic E-state index is 11.5. The molecule has 4 nitrogen and oxygen atoms in total. The highest BCUT2D eigenvalue weighted by atomic mass is 16.5. The smallest absolute Gasteiger partial charge is 0.311 e. The van der Waals surface area contributed by atoms with Gasteiger partial charge in [0.05, 0.1) is 0 Å². The summed E-state index contributed by atoms with van der Waals surface area (Å²) < 4.78 is 5.08. The number of aromatic amines is 1. The molecule has 0 spiro atoms. The maximum atomic E-state index is 11.5. The lowest BCUT2D eigenvalue weighted by atomic mass is 10.1. The molecule has 0 saturated carbocycles. The van der Waals surface area contributed by atoms with Gasteiger partial charge in [-0.25, -0.2) is 0 Å². The van der Waals surface area contributed by atoms with Gasteiger partial charge in [0.25, 0.3) is 5.56 Å². The summed E-state index contributed by atoms with van der Waals surface area (Å²) >= 11 is 0. The highest BCUT2D eigenvalue weighted by molar-refractivity contribution is 5.72. The van der Waals surface area contributed by atoms with Crippen LogP contribution in [0.2, 0.25) is 0 Å². The quantitative estimate of drug-likeness (QED) is 0.549. The number of hydrogen-bond acceptors (Lipinski definition) is 3. The SMILES string of the molecule is CCCCCCCCCC(=O)Oc1cc[nH]c(=O)c1. The Morgan fingerprint density at radius 2 is 1.84 bits per heavy atom. The monoisotopic (exact) mass is 265 g/mol. The Bertz CT molecular complexity index is 425. The molecule has 1 rings (SSSR count). The number of esters is 1. The second-order valence-corrected chi connectivity index (χ2v) is 4.73. The van der Waals surface area contributed by atoms with Crippen molar-refractivity contribution in [2.45, 2.75) is 58.3 Å². The normalized spacial score (nSPS) is 10.4. The van der Waals surface area contributed by atoms with E-state index in [9.17, 15) is 9.59 Å². The minimum atomic E-state index is -0.265. The topological polar surface area (TPSA) is 59.2 Å². The van der Waals surface area contributed by atoms with E-state index in [0.29, 0.717) is 12.2 Å². The number of carbonyl (C=O) groups is 1. The number of ether oxygens (including phenoxy) is 1. The number of aromatic nitrogens is 1. The zero-order valence-electron chi connectivity index (χ0n) is 11.6. The highest BCUT2D eigenvalue weighted by Gasteiger charge is 2.04. The van der Waals surface area contributed by atoms with Crippen LogP contribution in [0.5, 0.6) is 5.75 Å². The van der Waals surface area contributed by atoms with Crippen molar-refractivity contribution in [3.63, 3.8) is 0 Å².